The topological polar surface area (TPSA) is 63.2 Å². The molecule has 2 N–H and O–H groups in total. The van der Waals surface area contributed by atoms with Crippen molar-refractivity contribution in [2.24, 2.45) is 0 Å². The van der Waals surface area contributed by atoms with Crippen molar-refractivity contribution in [2.45, 2.75) is 26.3 Å². The fourth-order valence-corrected chi connectivity index (χ4v) is 1.92. The van der Waals surface area contributed by atoms with Crippen LogP contribution >= 0.6 is 11.6 Å². The SMILES string of the molecule is CCC(C)Nc1ccc(NC(=O)COc2ccc(Cl)cc2)nc1. The second kappa shape index (κ2) is 8.39. The standard InChI is InChI=1S/C17H20ClN3O2/c1-3-12(2)20-14-6-9-16(19-10-14)21-17(22)11-23-15-7-4-13(18)5-8-15/h4-10,12,20H,3,11H2,1-2H3,(H,19,21,22). The zero-order valence-corrected chi connectivity index (χ0v) is 13.9. The number of anilines is 2. The summed E-state index contributed by atoms with van der Waals surface area (Å²) in [6.07, 6.45) is 2.72. The molecule has 0 fully saturated rings. The van der Waals surface area contributed by atoms with Gasteiger partial charge in [-0.05, 0) is 49.7 Å². The van der Waals surface area contributed by atoms with E-state index in [2.05, 4.69) is 29.5 Å². The third-order valence-electron chi connectivity index (χ3n) is 3.24. The van der Waals surface area contributed by atoms with Crippen molar-refractivity contribution in [3.8, 4) is 5.75 Å². The maximum atomic E-state index is 11.8. The summed E-state index contributed by atoms with van der Waals surface area (Å²) < 4.78 is 5.38. The summed E-state index contributed by atoms with van der Waals surface area (Å²) in [5.41, 5.74) is 0.926. The molecule has 1 unspecified atom stereocenters. The van der Waals surface area contributed by atoms with Crippen molar-refractivity contribution in [2.75, 3.05) is 17.2 Å². The summed E-state index contributed by atoms with van der Waals surface area (Å²) >= 11 is 5.79. The highest BCUT2D eigenvalue weighted by atomic mass is 35.5. The van der Waals surface area contributed by atoms with Gasteiger partial charge in [0.25, 0.3) is 5.91 Å². The van der Waals surface area contributed by atoms with Crippen LogP contribution in [0.25, 0.3) is 0 Å². The zero-order valence-electron chi connectivity index (χ0n) is 13.2. The monoisotopic (exact) mass is 333 g/mol. The Balaban J connectivity index is 1.81. The van der Waals surface area contributed by atoms with Crippen LogP contribution in [-0.2, 0) is 4.79 Å². The fraction of sp³-hybridized carbons (Fsp3) is 0.294. The van der Waals surface area contributed by atoms with E-state index in [4.69, 9.17) is 16.3 Å². The summed E-state index contributed by atoms with van der Waals surface area (Å²) in [4.78, 5) is 16.0. The minimum Gasteiger partial charge on any atom is -0.484 e. The number of carbonyl (C=O) groups excluding carboxylic acids is 1. The van der Waals surface area contributed by atoms with Gasteiger partial charge in [0, 0.05) is 11.1 Å². The highest BCUT2D eigenvalue weighted by Gasteiger charge is 2.05. The molecule has 0 aliphatic heterocycles. The maximum absolute atomic E-state index is 11.8. The minimum atomic E-state index is -0.268. The molecular formula is C17H20ClN3O2. The molecule has 1 aromatic heterocycles. The molecule has 6 heteroatoms. The molecule has 0 radical (unpaired) electrons. The van der Waals surface area contributed by atoms with Gasteiger partial charge in [-0.3, -0.25) is 4.79 Å². The molecule has 0 aliphatic carbocycles. The van der Waals surface area contributed by atoms with E-state index < -0.39 is 0 Å². The Morgan fingerprint density at radius 3 is 2.61 bits per heavy atom. The van der Waals surface area contributed by atoms with Gasteiger partial charge >= 0.3 is 0 Å². The number of hydrogen-bond donors (Lipinski definition) is 2. The minimum absolute atomic E-state index is 0.0871. The molecule has 1 aromatic carbocycles. The smallest absolute Gasteiger partial charge is 0.263 e. The van der Waals surface area contributed by atoms with Crippen LogP contribution in [0, 0.1) is 0 Å². The normalized spacial score (nSPS) is 11.6. The van der Waals surface area contributed by atoms with Gasteiger partial charge in [-0.1, -0.05) is 18.5 Å². The molecule has 2 rings (SSSR count). The van der Waals surface area contributed by atoms with E-state index in [1.54, 1.807) is 36.5 Å². The van der Waals surface area contributed by atoms with Crippen LogP contribution < -0.4 is 15.4 Å². The quantitative estimate of drug-likeness (QED) is 0.805. The molecular weight excluding hydrogens is 314 g/mol. The van der Waals surface area contributed by atoms with Gasteiger partial charge in [-0.2, -0.15) is 0 Å². The van der Waals surface area contributed by atoms with Gasteiger partial charge < -0.3 is 15.4 Å². The van der Waals surface area contributed by atoms with E-state index in [1.165, 1.54) is 0 Å². The van der Waals surface area contributed by atoms with Gasteiger partial charge in [0.05, 0.1) is 11.9 Å². The zero-order chi connectivity index (χ0) is 16.7. The lowest BCUT2D eigenvalue weighted by molar-refractivity contribution is -0.118. The van der Waals surface area contributed by atoms with Crippen LogP contribution in [0.5, 0.6) is 5.75 Å². The molecule has 23 heavy (non-hydrogen) atoms. The van der Waals surface area contributed by atoms with E-state index in [9.17, 15) is 4.79 Å². The molecule has 1 heterocycles. The Kier molecular flexibility index (Phi) is 6.23. The Morgan fingerprint density at radius 2 is 2.00 bits per heavy atom. The summed E-state index contributed by atoms with van der Waals surface area (Å²) in [6, 6.07) is 10.9. The van der Waals surface area contributed by atoms with Crippen molar-refractivity contribution >= 4 is 29.0 Å². The number of nitrogens with zero attached hydrogens (tertiary/aromatic N) is 1. The van der Waals surface area contributed by atoms with Crippen molar-refractivity contribution in [1.29, 1.82) is 0 Å². The first-order valence-corrected chi connectivity index (χ1v) is 7.85. The average molecular weight is 334 g/mol. The molecule has 0 spiro atoms. The third-order valence-corrected chi connectivity index (χ3v) is 3.49. The summed E-state index contributed by atoms with van der Waals surface area (Å²) in [6.45, 7) is 4.13. The summed E-state index contributed by atoms with van der Waals surface area (Å²) in [5, 5.41) is 6.62. The van der Waals surface area contributed by atoms with Crippen LogP contribution in [0.3, 0.4) is 0 Å². The predicted octanol–water partition coefficient (Wildman–Crippen LogP) is 3.96. The van der Waals surface area contributed by atoms with Crippen LogP contribution in [0.2, 0.25) is 5.02 Å². The lowest BCUT2D eigenvalue weighted by Crippen LogP contribution is -2.21. The molecule has 5 nitrogen and oxygen atoms in total. The van der Waals surface area contributed by atoms with E-state index in [1.807, 2.05) is 6.07 Å². The average Bonchev–Trinajstić information content (AvgIpc) is 2.56. The number of carbonyl (C=O) groups is 1. The first-order valence-electron chi connectivity index (χ1n) is 7.47. The van der Waals surface area contributed by atoms with Gasteiger partial charge in [-0.15, -0.1) is 0 Å². The molecule has 0 saturated heterocycles. The first kappa shape index (κ1) is 17.1. The van der Waals surface area contributed by atoms with Crippen LogP contribution in [0.1, 0.15) is 20.3 Å². The lowest BCUT2D eigenvalue weighted by Gasteiger charge is -2.13. The summed E-state index contributed by atoms with van der Waals surface area (Å²) in [7, 11) is 0. The van der Waals surface area contributed by atoms with Crippen molar-refractivity contribution in [3.63, 3.8) is 0 Å². The van der Waals surface area contributed by atoms with E-state index in [-0.39, 0.29) is 12.5 Å². The Labute approximate surface area is 141 Å². The Hall–Kier alpha value is -2.27. The highest BCUT2D eigenvalue weighted by Crippen LogP contribution is 2.15. The van der Waals surface area contributed by atoms with Gasteiger partial charge in [0.15, 0.2) is 6.61 Å². The van der Waals surface area contributed by atoms with Crippen molar-refractivity contribution < 1.29 is 9.53 Å². The number of amides is 1. The number of halogens is 1. The van der Waals surface area contributed by atoms with E-state index in [0.29, 0.717) is 22.6 Å². The number of ether oxygens (including phenoxy) is 1. The highest BCUT2D eigenvalue weighted by molar-refractivity contribution is 6.30. The van der Waals surface area contributed by atoms with Crippen molar-refractivity contribution in [3.05, 3.63) is 47.6 Å². The van der Waals surface area contributed by atoms with Crippen LogP contribution in [0.4, 0.5) is 11.5 Å². The Bertz CT molecular complexity index is 629. The fourth-order valence-electron chi connectivity index (χ4n) is 1.80. The molecule has 1 amide bonds. The Morgan fingerprint density at radius 1 is 1.26 bits per heavy atom. The molecule has 1 atom stereocenters. The van der Waals surface area contributed by atoms with Crippen LogP contribution in [0.15, 0.2) is 42.6 Å². The maximum Gasteiger partial charge on any atom is 0.263 e. The van der Waals surface area contributed by atoms with Crippen LogP contribution in [-0.4, -0.2) is 23.5 Å². The summed E-state index contributed by atoms with van der Waals surface area (Å²) in [5.74, 6) is 0.810. The lowest BCUT2D eigenvalue weighted by atomic mass is 10.2. The third kappa shape index (κ3) is 5.79. The number of benzene rings is 1. The van der Waals surface area contributed by atoms with E-state index >= 15 is 0 Å². The van der Waals surface area contributed by atoms with Gasteiger partial charge in [-0.25, -0.2) is 4.98 Å². The first-order chi connectivity index (χ1) is 11.1. The number of pyridine rings is 1. The second-order valence-electron chi connectivity index (χ2n) is 5.18. The van der Waals surface area contributed by atoms with E-state index in [0.717, 1.165) is 12.1 Å². The largest absolute Gasteiger partial charge is 0.484 e. The number of rotatable bonds is 7. The number of aromatic nitrogens is 1. The van der Waals surface area contributed by atoms with Crippen molar-refractivity contribution in [1.82, 2.24) is 4.98 Å². The second-order valence-corrected chi connectivity index (χ2v) is 5.61. The molecule has 2 aromatic rings. The van der Waals surface area contributed by atoms with Gasteiger partial charge in [0.2, 0.25) is 0 Å². The predicted molar refractivity (Wildman–Crippen MR) is 93.2 cm³/mol. The molecule has 122 valence electrons. The molecule has 0 aliphatic rings. The molecule has 0 bridgehead atoms. The number of nitrogens with one attached hydrogen (secondary N) is 2. The van der Waals surface area contributed by atoms with Gasteiger partial charge in [0.1, 0.15) is 11.6 Å². The number of hydrogen-bond acceptors (Lipinski definition) is 4. The molecule has 0 saturated carbocycles.